The number of carbonyl (C=O) groups is 1. The van der Waals surface area contributed by atoms with Crippen LogP contribution in [0.4, 0.5) is 0 Å². The summed E-state index contributed by atoms with van der Waals surface area (Å²) in [7, 11) is 0. The normalized spacial score (nSPS) is 10.2. The molecule has 0 saturated heterocycles. The zero-order valence-electron chi connectivity index (χ0n) is 10.8. The molecule has 0 atom stereocenters. The van der Waals surface area contributed by atoms with E-state index in [0.29, 0.717) is 17.7 Å². The number of benzene rings is 1. The predicted molar refractivity (Wildman–Crippen MR) is 71.1 cm³/mol. The SMILES string of the molecule is Cc1cc(C(=O)O)c(C)n1Cc1cccc(C#N)c1. The van der Waals surface area contributed by atoms with E-state index in [2.05, 4.69) is 6.07 Å². The number of nitriles is 1. The molecule has 1 heterocycles. The molecule has 96 valence electrons. The van der Waals surface area contributed by atoms with E-state index in [0.717, 1.165) is 17.0 Å². The van der Waals surface area contributed by atoms with E-state index < -0.39 is 5.97 Å². The lowest BCUT2D eigenvalue weighted by Crippen LogP contribution is -2.06. The lowest BCUT2D eigenvalue weighted by molar-refractivity contribution is 0.0696. The Labute approximate surface area is 111 Å². The molecule has 0 radical (unpaired) electrons. The first-order valence-electron chi connectivity index (χ1n) is 5.92. The minimum Gasteiger partial charge on any atom is -0.478 e. The van der Waals surface area contributed by atoms with E-state index in [1.807, 2.05) is 29.7 Å². The molecule has 0 aliphatic heterocycles. The van der Waals surface area contributed by atoms with Crippen molar-refractivity contribution in [2.24, 2.45) is 0 Å². The Morgan fingerprint density at radius 3 is 2.68 bits per heavy atom. The molecule has 4 nitrogen and oxygen atoms in total. The monoisotopic (exact) mass is 254 g/mol. The zero-order valence-corrected chi connectivity index (χ0v) is 10.8. The van der Waals surface area contributed by atoms with Gasteiger partial charge in [-0.3, -0.25) is 0 Å². The number of hydrogen-bond acceptors (Lipinski definition) is 2. The van der Waals surface area contributed by atoms with Crippen molar-refractivity contribution in [2.45, 2.75) is 20.4 Å². The van der Waals surface area contributed by atoms with Gasteiger partial charge in [-0.15, -0.1) is 0 Å². The van der Waals surface area contributed by atoms with Gasteiger partial charge in [0.1, 0.15) is 0 Å². The first-order chi connectivity index (χ1) is 9.02. The minimum absolute atomic E-state index is 0.328. The summed E-state index contributed by atoms with van der Waals surface area (Å²) in [5.74, 6) is -0.912. The molecule has 0 saturated carbocycles. The molecule has 0 bridgehead atoms. The Balaban J connectivity index is 2.38. The van der Waals surface area contributed by atoms with Gasteiger partial charge < -0.3 is 9.67 Å². The van der Waals surface area contributed by atoms with Gasteiger partial charge in [0.2, 0.25) is 0 Å². The van der Waals surface area contributed by atoms with Crippen LogP contribution in [0.1, 0.15) is 32.9 Å². The van der Waals surface area contributed by atoms with E-state index >= 15 is 0 Å². The molecule has 0 aliphatic rings. The van der Waals surface area contributed by atoms with Gasteiger partial charge in [0.25, 0.3) is 0 Å². The van der Waals surface area contributed by atoms with Crippen molar-refractivity contribution in [3.63, 3.8) is 0 Å². The highest BCUT2D eigenvalue weighted by molar-refractivity contribution is 5.89. The topological polar surface area (TPSA) is 66.0 Å². The van der Waals surface area contributed by atoms with Crippen molar-refractivity contribution < 1.29 is 9.90 Å². The van der Waals surface area contributed by atoms with Crippen LogP contribution in [0.25, 0.3) is 0 Å². The van der Waals surface area contributed by atoms with E-state index in [-0.39, 0.29) is 0 Å². The zero-order chi connectivity index (χ0) is 14.0. The number of rotatable bonds is 3. The van der Waals surface area contributed by atoms with Gasteiger partial charge in [0.15, 0.2) is 0 Å². The molecule has 1 aromatic carbocycles. The second kappa shape index (κ2) is 4.99. The second-order valence-corrected chi connectivity index (χ2v) is 4.49. The average molecular weight is 254 g/mol. The lowest BCUT2D eigenvalue weighted by atomic mass is 10.1. The molecule has 4 heteroatoms. The van der Waals surface area contributed by atoms with Gasteiger partial charge in [-0.05, 0) is 37.6 Å². The molecule has 0 unspecified atom stereocenters. The van der Waals surface area contributed by atoms with Crippen LogP contribution in [-0.2, 0) is 6.54 Å². The molecular formula is C15H14N2O2. The smallest absolute Gasteiger partial charge is 0.337 e. The highest BCUT2D eigenvalue weighted by Crippen LogP contribution is 2.17. The Bertz CT molecular complexity index is 678. The summed E-state index contributed by atoms with van der Waals surface area (Å²) in [5, 5.41) is 18.0. The number of carboxylic acid groups (broad SMARTS) is 1. The number of aromatic carboxylic acids is 1. The van der Waals surface area contributed by atoms with Gasteiger partial charge in [-0.2, -0.15) is 5.26 Å². The van der Waals surface area contributed by atoms with Gasteiger partial charge in [-0.25, -0.2) is 4.79 Å². The fourth-order valence-electron chi connectivity index (χ4n) is 2.18. The van der Waals surface area contributed by atoms with Crippen LogP contribution < -0.4 is 0 Å². The number of nitrogens with zero attached hydrogens (tertiary/aromatic N) is 2. The summed E-state index contributed by atoms with van der Waals surface area (Å²) in [6.45, 7) is 4.25. The molecule has 0 aliphatic carbocycles. The van der Waals surface area contributed by atoms with Crippen molar-refractivity contribution in [3.05, 3.63) is 58.4 Å². The molecule has 19 heavy (non-hydrogen) atoms. The molecule has 1 aromatic heterocycles. The summed E-state index contributed by atoms with van der Waals surface area (Å²) >= 11 is 0. The van der Waals surface area contributed by atoms with Crippen LogP contribution in [0.3, 0.4) is 0 Å². The first kappa shape index (κ1) is 12.9. The maximum absolute atomic E-state index is 11.1. The maximum atomic E-state index is 11.1. The van der Waals surface area contributed by atoms with Crippen molar-refractivity contribution in [2.75, 3.05) is 0 Å². The third-order valence-electron chi connectivity index (χ3n) is 3.20. The minimum atomic E-state index is -0.912. The largest absolute Gasteiger partial charge is 0.478 e. The molecule has 1 N–H and O–H groups in total. The van der Waals surface area contributed by atoms with Crippen molar-refractivity contribution in [3.8, 4) is 6.07 Å². The predicted octanol–water partition coefficient (Wildman–Crippen LogP) is 2.72. The number of aryl methyl sites for hydroxylation is 1. The van der Waals surface area contributed by atoms with E-state index in [1.54, 1.807) is 19.1 Å². The molecule has 0 fully saturated rings. The van der Waals surface area contributed by atoms with Gasteiger partial charge >= 0.3 is 5.97 Å². The van der Waals surface area contributed by atoms with Crippen LogP contribution in [-0.4, -0.2) is 15.6 Å². The second-order valence-electron chi connectivity index (χ2n) is 4.49. The number of aromatic nitrogens is 1. The van der Waals surface area contributed by atoms with Crippen molar-refractivity contribution in [1.82, 2.24) is 4.57 Å². The van der Waals surface area contributed by atoms with E-state index in [1.165, 1.54) is 0 Å². The van der Waals surface area contributed by atoms with Crippen LogP contribution in [0.5, 0.6) is 0 Å². The summed E-state index contributed by atoms with van der Waals surface area (Å²) in [5.41, 5.74) is 3.55. The molecule has 2 aromatic rings. The van der Waals surface area contributed by atoms with E-state index in [9.17, 15) is 4.79 Å². The van der Waals surface area contributed by atoms with Gasteiger partial charge in [0.05, 0.1) is 17.2 Å². The Hall–Kier alpha value is -2.54. The highest BCUT2D eigenvalue weighted by Gasteiger charge is 2.14. The molecular weight excluding hydrogens is 240 g/mol. The number of carboxylic acids is 1. The average Bonchev–Trinajstić information content (AvgIpc) is 2.67. The Morgan fingerprint density at radius 1 is 1.37 bits per heavy atom. The summed E-state index contributed by atoms with van der Waals surface area (Å²) < 4.78 is 1.94. The number of hydrogen-bond donors (Lipinski definition) is 1. The summed E-state index contributed by atoms with van der Waals surface area (Å²) in [6.07, 6.45) is 0. The van der Waals surface area contributed by atoms with Crippen molar-refractivity contribution >= 4 is 5.97 Å². The van der Waals surface area contributed by atoms with Gasteiger partial charge in [-0.1, -0.05) is 12.1 Å². The fourth-order valence-corrected chi connectivity index (χ4v) is 2.18. The van der Waals surface area contributed by atoms with Gasteiger partial charge in [0, 0.05) is 17.9 Å². The molecule has 0 amide bonds. The third kappa shape index (κ3) is 2.50. The molecule has 2 rings (SSSR count). The standard InChI is InChI=1S/C15H14N2O2/c1-10-6-14(15(18)19)11(2)17(10)9-13-5-3-4-12(7-13)8-16/h3-7H,9H2,1-2H3,(H,18,19). The molecule has 0 spiro atoms. The summed E-state index contributed by atoms with van der Waals surface area (Å²) in [4.78, 5) is 11.1. The Morgan fingerprint density at radius 2 is 2.11 bits per heavy atom. The fraction of sp³-hybridized carbons (Fsp3) is 0.200. The van der Waals surface area contributed by atoms with Crippen LogP contribution in [0.15, 0.2) is 30.3 Å². The van der Waals surface area contributed by atoms with Crippen LogP contribution >= 0.6 is 0 Å². The maximum Gasteiger partial charge on any atom is 0.337 e. The summed E-state index contributed by atoms with van der Waals surface area (Å²) in [6, 6.07) is 11.1. The Kier molecular flexibility index (Phi) is 3.39. The van der Waals surface area contributed by atoms with E-state index in [4.69, 9.17) is 10.4 Å². The van der Waals surface area contributed by atoms with Crippen LogP contribution in [0, 0.1) is 25.2 Å². The first-order valence-corrected chi connectivity index (χ1v) is 5.92. The quantitative estimate of drug-likeness (QED) is 0.915. The van der Waals surface area contributed by atoms with Crippen LogP contribution in [0.2, 0.25) is 0 Å². The highest BCUT2D eigenvalue weighted by atomic mass is 16.4. The lowest BCUT2D eigenvalue weighted by Gasteiger charge is -2.09. The third-order valence-corrected chi connectivity index (χ3v) is 3.20. The van der Waals surface area contributed by atoms with Crippen molar-refractivity contribution in [1.29, 1.82) is 5.26 Å².